The van der Waals surface area contributed by atoms with Crippen LogP contribution in [0.2, 0.25) is 0 Å². The molecule has 4 heterocycles. The third kappa shape index (κ3) is 3.45. The van der Waals surface area contributed by atoms with Crippen LogP contribution in [0, 0.1) is 5.41 Å². The predicted molar refractivity (Wildman–Crippen MR) is 124 cm³/mol. The summed E-state index contributed by atoms with van der Waals surface area (Å²) in [5.41, 5.74) is 5.68. The first-order valence-electron chi connectivity index (χ1n) is 11.8. The average Bonchev–Trinajstić information content (AvgIpc) is 3.79. The van der Waals surface area contributed by atoms with Crippen LogP contribution in [0.5, 0.6) is 5.88 Å². The van der Waals surface area contributed by atoms with Crippen LogP contribution >= 0.6 is 0 Å². The fourth-order valence-electron chi connectivity index (χ4n) is 4.96. The Morgan fingerprint density at radius 2 is 1.82 bits per heavy atom. The number of hydrogen-bond acceptors (Lipinski definition) is 7. The van der Waals surface area contributed by atoms with Gasteiger partial charge in [0.05, 0.1) is 35.5 Å². The molecule has 3 fully saturated rings. The molecule has 7 rings (SSSR count). The van der Waals surface area contributed by atoms with E-state index in [0.717, 1.165) is 53.1 Å². The van der Waals surface area contributed by atoms with Crippen LogP contribution in [0.3, 0.4) is 0 Å². The van der Waals surface area contributed by atoms with E-state index < -0.39 is 0 Å². The van der Waals surface area contributed by atoms with Crippen LogP contribution in [0.4, 0.5) is 0 Å². The Morgan fingerprint density at radius 1 is 0.939 bits per heavy atom. The molecular weight excluding hydrogens is 414 g/mol. The molecule has 0 amide bonds. The number of H-pyrrole nitrogens is 1. The zero-order chi connectivity index (χ0) is 21.8. The minimum Gasteiger partial charge on any atom is -0.473 e. The number of nitrogens with one attached hydrogen (secondary N) is 2. The molecule has 2 saturated carbocycles. The van der Waals surface area contributed by atoms with Crippen LogP contribution < -0.4 is 10.1 Å². The second-order valence-corrected chi connectivity index (χ2v) is 9.61. The summed E-state index contributed by atoms with van der Waals surface area (Å²) in [4.78, 5) is 18.5. The summed E-state index contributed by atoms with van der Waals surface area (Å²) in [7, 11) is 0. The van der Waals surface area contributed by atoms with Crippen LogP contribution in [0.25, 0.3) is 33.5 Å². The van der Waals surface area contributed by atoms with Crippen molar-refractivity contribution in [1.29, 1.82) is 0 Å². The van der Waals surface area contributed by atoms with Crippen molar-refractivity contribution in [3.8, 4) is 28.5 Å². The normalized spacial score (nSPS) is 21.4. The van der Waals surface area contributed by atoms with Crippen molar-refractivity contribution < 1.29 is 4.74 Å². The third-order valence-electron chi connectivity index (χ3n) is 7.26. The topological polar surface area (TPSA) is 102 Å². The smallest absolute Gasteiger partial charge is 0.233 e. The lowest BCUT2D eigenvalue weighted by molar-refractivity contribution is 0.0823. The molecule has 0 radical (unpaired) electrons. The molecule has 2 N–H and O–H groups in total. The second-order valence-electron chi connectivity index (χ2n) is 9.61. The maximum atomic E-state index is 6.35. The van der Waals surface area contributed by atoms with Crippen molar-refractivity contribution >= 4 is 10.9 Å². The van der Waals surface area contributed by atoms with E-state index in [9.17, 15) is 0 Å². The molecule has 4 aromatic rings. The molecular formula is C25H25N7O. The van der Waals surface area contributed by atoms with E-state index >= 15 is 0 Å². The van der Waals surface area contributed by atoms with Gasteiger partial charge in [0, 0.05) is 35.0 Å². The van der Waals surface area contributed by atoms with Crippen molar-refractivity contribution in [2.75, 3.05) is 13.1 Å². The molecule has 1 saturated heterocycles. The number of aromatic amines is 1. The molecule has 3 aliphatic rings. The summed E-state index contributed by atoms with van der Waals surface area (Å²) >= 11 is 0. The summed E-state index contributed by atoms with van der Waals surface area (Å²) in [6.45, 7) is 2.01. The van der Waals surface area contributed by atoms with Gasteiger partial charge in [0.2, 0.25) is 5.88 Å². The first-order valence-corrected chi connectivity index (χ1v) is 11.8. The quantitative estimate of drug-likeness (QED) is 0.487. The van der Waals surface area contributed by atoms with Gasteiger partial charge in [-0.3, -0.25) is 15.1 Å². The van der Waals surface area contributed by atoms with Crippen LogP contribution in [-0.2, 0) is 0 Å². The Bertz CT molecular complexity index is 1340. The standard InChI is InChI=1S/C25H25N7O/c1-2-15(1)19-10-27-11-20(29-19)16-3-4-18-17(9-16)24(32-31-18)21-12-28-13-23(30-21)33-22-5-8-26-14-25(22)6-7-25/h3-4,9-13,15,22,26H,1-2,5-8,14H2,(H,31,32)/t22-/m0/s1. The average molecular weight is 440 g/mol. The zero-order valence-electron chi connectivity index (χ0n) is 18.3. The number of nitrogens with zero attached hydrogens (tertiary/aromatic N) is 5. The Labute approximate surface area is 191 Å². The van der Waals surface area contributed by atoms with Crippen molar-refractivity contribution in [3.63, 3.8) is 0 Å². The summed E-state index contributed by atoms with van der Waals surface area (Å²) in [6, 6.07) is 6.20. The van der Waals surface area contributed by atoms with Gasteiger partial charge >= 0.3 is 0 Å². The molecule has 8 heteroatoms. The molecule has 166 valence electrons. The summed E-state index contributed by atoms with van der Waals surface area (Å²) in [5, 5.41) is 12.2. The van der Waals surface area contributed by atoms with Crippen molar-refractivity contribution in [2.24, 2.45) is 5.41 Å². The first-order chi connectivity index (χ1) is 16.3. The maximum absolute atomic E-state index is 6.35. The largest absolute Gasteiger partial charge is 0.473 e. The van der Waals surface area contributed by atoms with Gasteiger partial charge in [-0.05, 0) is 50.8 Å². The number of ether oxygens (including phenoxy) is 1. The van der Waals surface area contributed by atoms with Crippen molar-refractivity contribution in [1.82, 2.24) is 35.5 Å². The molecule has 3 aromatic heterocycles. The third-order valence-corrected chi connectivity index (χ3v) is 7.26. The molecule has 33 heavy (non-hydrogen) atoms. The van der Waals surface area contributed by atoms with Gasteiger partial charge in [0.1, 0.15) is 17.5 Å². The van der Waals surface area contributed by atoms with E-state index in [-0.39, 0.29) is 11.5 Å². The summed E-state index contributed by atoms with van der Waals surface area (Å²) in [5.74, 6) is 1.14. The van der Waals surface area contributed by atoms with Crippen LogP contribution in [0.15, 0.2) is 43.0 Å². The monoisotopic (exact) mass is 439 g/mol. The number of hydrogen-bond donors (Lipinski definition) is 2. The molecule has 0 bridgehead atoms. The van der Waals surface area contributed by atoms with E-state index in [0.29, 0.717) is 17.5 Å². The number of piperidine rings is 1. The van der Waals surface area contributed by atoms with Gasteiger partial charge in [0.15, 0.2) is 0 Å². The Balaban J connectivity index is 1.22. The number of benzene rings is 1. The van der Waals surface area contributed by atoms with Crippen LogP contribution in [0.1, 0.15) is 43.7 Å². The van der Waals surface area contributed by atoms with Crippen molar-refractivity contribution in [2.45, 2.75) is 44.1 Å². The Morgan fingerprint density at radius 3 is 2.70 bits per heavy atom. The number of aromatic nitrogens is 6. The van der Waals surface area contributed by atoms with Gasteiger partial charge in [-0.25, -0.2) is 9.97 Å². The number of fused-ring (bicyclic) bond motifs is 1. The van der Waals surface area contributed by atoms with Crippen LogP contribution in [-0.4, -0.2) is 49.3 Å². The van der Waals surface area contributed by atoms with Gasteiger partial charge in [-0.2, -0.15) is 5.10 Å². The minimum absolute atomic E-state index is 0.197. The fourth-order valence-corrected chi connectivity index (χ4v) is 4.96. The van der Waals surface area contributed by atoms with Gasteiger partial charge in [-0.15, -0.1) is 0 Å². The molecule has 8 nitrogen and oxygen atoms in total. The molecule has 1 atom stereocenters. The highest BCUT2D eigenvalue weighted by Gasteiger charge is 2.52. The lowest BCUT2D eigenvalue weighted by atomic mass is 9.93. The van der Waals surface area contributed by atoms with E-state index in [1.165, 1.54) is 25.7 Å². The molecule has 2 aliphatic carbocycles. The summed E-state index contributed by atoms with van der Waals surface area (Å²) < 4.78 is 6.35. The molecule has 1 aliphatic heterocycles. The lowest BCUT2D eigenvalue weighted by Gasteiger charge is -2.32. The van der Waals surface area contributed by atoms with E-state index in [1.54, 1.807) is 12.4 Å². The Kier molecular flexibility index (Phi) is 4.24. The first kappa shape index (κ1) is 19.1. The second kappa shape index (κ2) is 7.31. The fraction of sp³-hybridized carbons (Fsp3) is 0.400. The molecule has 0 unspecified atom stereocenters. The van der Waals surface area contributed by atoms with E-state index in [2.05, 4.69) is 37.6 Å². The zero-order valence-corrected chi connectivity index (χ0v) is 18.3. The Hall–Kier alpha value is -3.39. The SMILES string of the molecule is c1cc2[nH]nc(-c3cncc(O[C@H]4CCNCC45CC5)n3)c2cc1-c1cncc(C2CC2)n1. The van der Waals surface area contributed by atoms with E-state index in [4.69, 9.17) is 14.7 Å². The molecule has 1 aromatic carbocycles. The molecule has 1 spiro atoms. The highest BCUT2D eigenvalue weighted by Crippen LogP contribution is 2.51. The van der Waals surface area contributed by atoms with E-state index in [1.807, 2.05) is 18.5 Å². The highest BCUT2D eigenvalue weighted by molar-refractivity contribution is 5.94. The van der Waals surface area contributed by atoms with Gasteiger partial charge < -0.3 is 10.1 Å². The van der Waals surface area contributed by atoms with Crippen molar-refractivity contribution in [3.05, 3.63) is 48.7 Å². The highest BCUT2D eigenvalue weighted by atomic mass is 16.5. The maximum Gasteiger partial charge on any atom is 0.233 e. The van der Waals surface area contributed by atoms with Gasteiger partial charge in [-0.1, -0.05) is 6.07 Å². The van der Waals surface area contributed by atoms with Gasteiger partial charge in [0.25, 0.3) is 0 Å². The minimum atomic E-state index is 0.197. The number of rotatable bonds is 5. The predicted octanol–water partition coefficient (Wildman–Crippen LogP) is 3.88. The summed E-state index contributed by atoms with van der Waals surface area (Å²) in [6.07, 6.45) is 13.2. The lowest BCUT2D eigenvalue weighted by Crippen LogP contribution is -2.44.